The minimum absolute atomic E-state index is 0.225. The van der Waals surface area contributed by atoms with Crippen LogP contribution in [0.2, 0.25) is 0 Å². The number of nitrogens with zero attached hydrogens (tertiary/aromatic N) is 3. The van der Waals surface area contributed by atoms with Gasteiger partial charge in [-0.05, 0) is 42.0 Å². The molecule has 35 heavy (non-hydrogen) atoms. The summed E-state index contributed by atoms with van der Waals surface area (Å²) in [4.78, 5) is 15.9. The fourth-order valence-electron chi connectivity index (χ4n) is 4.26. The van der Waals surface area contributed by atoms with Crippen molar-refractivity contribution in [2.45, 2.75) is 6.54 Å². The van der Waals surface area contributed by atoms with Gasteiger partial charge in [0, 0.05) is 37.1 Å². The number of carbonyl (C=O) groups is 1. The molecule has 1 aliphatic heterocycles. The molecule has 0 bridgehead atoms. The number of anilines is 1. The molecule has 1 amide bonds. The van der Waals surface area contributed by atoms with E-state index >= 15 is 0 Å². The first kappa shape index (κ1) is 22.8. The summed E-state index contributed by atoms with van der Waals surface area (Å²) in [6.45, 7) is 4.17. The second-order valence-corrected chi connectivity index (χ2v) is 8.41. The highest BCUT2D eigenvalue weighted by atomic mass is 16.5. The van der Waals surface area contributed by atoms with Gasteiger partial charge in [-0.15, -0.1) is 0 Å². The van der Waals surface area contributed by atoms with E-state index in [1.54, 1.807) is 18.0 Å². The van der Waals surface area contributed by atoms with Gasteiger partial charge in [-0.3, -0.25) is 9.69 Å². The van der Waals surface area contributed by atoms with Crippen LogP contribution in [0.15, 0.2) is 85.1 Å². The Morgan fingerprint density at radius 1 is 1.00 bits per heavy atom. The summed E-state index contributed by atoms with van der Waals surface area (Å²) in [5.74, 6) is 0.434. The number of aromatic nitrogens is 2. The van der Waals surface area contributed by atoms with Crippen molar-refractivity contribution >= 4 is 11.6 Å². The third-order valence-corrected chi connectivity index (χ3v) is 6.04. The third kappa shape index (κ3) is 5.26. The topological polar surface area (TPSA) is 68.6 Å². The smallest absolute Gasteiger partial charge is 0.259 e. The maximum atomic E-state index is 13.5. The molecule has 2 heterocycles. The monoisotopic (exact) mass is 468 g/mol. The van der Waals surface area contributed by atoms with Crippen LogP contribution in [0.25, 0.3) is 16.9 Å². The first-order valence-corrected chi connectivity index (χ1v) is 11.7. The van der Waals surface area contributed by atoms with Gasteiger partial charge in [-0.25, -0.2) is 4.68 Å². The molecule has 7 nitrogen and oxygen atoms in total. The maximum Gasteiger partial charge on any atom is 0.259 e. The fraction of sp³-hybridized carbons (Fsp3) is 0.214. The zero-order valence-corrected chi connectivity index (χ0v) is 19.7. The normalized spacial score (nSPS) is 14.0. The predicted octanol–water partition coefficient (Wildman–Crippen LogP) is 4.63. The Morgan fingerprint density at radius 3 is 2.57 bits per heavy atom. The van der Waals surface area contributed by atoms with Crippen LogP contribution >= 0.6 is 0 Å². The lowest BCUT2D eigenvalue weighted by Crippen LogP contribution is -2.35. The number of amides is 1. The van der Waals surface area contributed by atoms with Crippen LogP contribution in [0.5, 0.6) is 5.75 Å². The number of morpholine rings is 1. The van der Waals surface area contributed by atoms with Crippen LogP contribution < -0.4 is 10.1 Å². The average molecular weight is 469 g/mol. The highest BCUT2D eigenvalue weighted by molar-refractivity contribution is 6.08. The van der Waals surface area contributed by atoms with Crippen molar-refractivity contribution in [2.24, 2.45) is 0 Å². The zero-order valence-electron chi connectivity index (χ0n) is 19.7. The summed E-state index contributed by atoms with van der Waals surface area (Å²) < 4.78 is 12.7. The summed E-state index contributed by atoms with van der Waals surface area (Å²) in [5, 5.41) is 7.85. The Hall–Kier alpha value is -3.94. The van der Waals surface area contributed by atoms with Gasteiger partial charge in [-0.1, -0.05) is 42.5 Å². The van der Waals surface area contributed by atoms with Gasteiger partial charge < -0.3 is 14.8 Å². The summed E-state index contributed by atoms with van der Waals surface area (Å²) in [5.41, 5.74) is 4.56. The Labute approximate surface area is 204 Å². The average Bonchev–Trinajstić information content (AvgIpc) is 3.36. The molecule has 0 spiro atoms. The van der Waals surface area contributed by atoms with Crippen LogP contribution in [-0.2, 0) is 11.3 Å². The van der Waals surface area contributed by atoms with Crippen LogP contribution in [0, 0.1) is 0 Å². The number of rotatable bonds is 7. The van der Waals surface area contributed by atoms with Crippen molar-refractivity contribution in [3.8, 4) is 22.7 Å². The standard InChI is InChI=1S/C28H28N4O3/c1-34-26-13-6-5-12-24(26)27-25(20-32(30-27)23-10-3-2-4-11-23)28(33)29-22-9-7-8-21(18-22)19-31-14-16-35-17-15-31/h2-13,18,20H,14-17,19H2,1H3,(H,29,33). The predicted molar refractivity (Wildman–Crippen MR) is 136 cm³/mol. The van der Waals surface area contributed by atoms with E-state index in [1.807, 2.05) is 72.8 Å². The van der Waals surface area contributed by atoms with Crippen LogP contribution in [0.1, 0.15) is 15.9 Å². The van der Waals surface area contributed by atoms with E-state index in [0.29, 0.717) is 17.0 Å². The first-order chi connectivity index (χ1) is 17.2. The van der Waals surface area contributed by atoms with E-state index in [2.05, 4.69) is 16.3 Å². The van der Waals surface area contributed by atoms with Crippen molar-refractivity contribution in [3.63, 3.8) is 0 Å². The van der Waals surface area contributed by atoms with E-state index in [0.717, 1.165) is 55.3 Å². The molecule has 1 fully saturated rings. The number of ether oxygens (including phenoxy) is 2. The van der Waals surface area contributed by atoms with Crippen LogP contribution in [0.3, 0.4) is 0 Å². The molecule has 178 valence electrons. The summed E-state index contributed by atoms with van der Waals surface area (Å²) in [6.07, 6.45) is 1.77. The molecule has 3 aromatic carbocycles. The maximum absolute atomic E-state index is 13.5. The molecule has 4 aromatic rings. The van der Waals surface area contributed by atoms with E-state index in [9.17, 15) is 4.79 Å². The van der Waals surface area contributed by atoms with Crippen LogP contribution in [-0.4, -0.2) is 54.0 Å². The highest BCUT2D eigenvalue weighted by Crippen LogP contribution is 2.32. The number of para-hydroxylation sites is 2. The molecule has 0 saturated carbocycles. The van der Waals surface area contributed by atoms with Crippen molar-refractivity contribution < 1.29 is 14.3 Å². The minimum Gasteiger partial charge on any atom is -0.496 e. The summed E-state index contributed by atoms with van der Waals surface area (Å²) in [6, 6.07) is 25.3. The van der Waals surface area contributed by atoms with Gasteiger partial charge in [0.1, 0.15) is 11.4 Å². The van der Waals surface area contributed by atoms with Gasteiger partial charge in [0.15, 0.2) is 0 Å². The molecule has 0 unspecified atom stereocenters. The number of methoxy groups -OCH3 is 1. The van der Waals surface area contributed by atoms with Crippen molar-refractivity contribution in [3.05, 3.63) is 96.2 Å². The highest BCUT2D eigenvalue weighted by Gasteiger charge is 2.21. The second-order valence-electron chi connectivity index (χ2n) is 8.41. The second kappa shape index (κ2) is 10.5. The van der Waals surface area contributed by atoms with Crippen LogP contribution in [0.4, 0.5) is 5.69 Å². The van der Waals surface area contributed by atoms with Gasteiger partial charge in [0.05, 0.1) is 31.6 Å². The van der Waals surface area contributed by atoms with Gasteiger partial charge in [0.2, 0.25) is 0 Å². The van der Waals surface area contributed by atoms with Crippen molar-refractivity contribution in [1.82, 2.24) is 14.7 Å². The number of nitrogens with one attached hydrogen (secondary N) is 1. The molecule has 7 heteroatoms. The molecule has 1 aliphatic rings. The molecule has 1 saturated heterocycles. The lowest BCUT2D eigenvalue weighted by atomic mass is 10.1. The van der Waals surface area contributed by atoms with E-state index < -0.39 is 0 Å². The zero-order chi connectivity index (χ0) is 24.0. The quantitative estimate of drug-likeness (QED) is 0.428. The Kier molecular flexibility index (Phi) is 6.88. The molecular formula is C28H28N4O3. The third-order valence-electron chi connectivity index (χ3n) is 6.04. The Balaban J connectivity index is 1.45. The van der Waals surface area contributed by atoms with Gasteiger partial charge >= 0.3 is 0 Å². The van der Waals surface area contributed by atoms with Gasteiger partial charge in [0.25, 0.3) is 5.91 Å². The SMILES string of the molecule is COc1ccccc1-c1nn(-c2ccccc2)cc1C(=O)Nc1cccc(CN2CCOCC2)c1. The Bertz CT molecular complexity index is 1300. The lowest BCUT2D eigenvalue weighted by Gasteiger charge is -2.26. The van der Waals surface area contributed by atoms with E-state index in [4.69, 9.17) is 14.6 Å². The Morgan fingerprint density at radius 2 is 1.77 bits per heavy atom. The van der Waals surface area contributed by atoms with E-state index in [-0.39, 0.29) is 5.91 Å². The number of hydrogen-bond acceptors (Lipinski definition) is 5. The number of carbonyl (C=O) groups excluding carboxylic acids is 1. The molecule has 0 radical (unpaired) electrons. The first-order valence-electron chi connectivity index (χ1n) is 11.7. The van der Waals surface area contributed by atoms with Gasteiger partial charge in [-0.2, -0.15) is 5.10 Å². The summed E-state index contributed by atoms with van der Waals surface area (Å²) in [7, 11) is 1.62. The lowest BCUT2D eigenvalue weighted by molar-refractivity contribution is 0.0342. The molecule has 0 atom stereocenters. The summed E-state index contributed by atoms with van der Waals surface area (Å²) >= 11 is 0. The van der Waals surface area contributed by atoms with E-state index in [1.165, 1.54) is 0 Å². The number of benzene rings is 3. The largest absolute Gasteiger partial charge is 0.496 e. The van der Waals surface area contributed by atoms with Crippen molar-refractivity contribution in [1.29, 1.82) is 0 Å². The van der Waals surface area contributed by atoms with Crippen molar-refractivity contribution in [2.75, 3.05) is 38.7 Å². The molecule has 5 rings (SSSR count). The molecular weight excluding hydrogens is 440 g/mol. The molecule has 0 aliphatic carbocycles. The number of hydrogen-bond donors (Lipinski definition) is 1. The fourth-order valence-corrected chi connectivity index (χ4v) is 4.26. The minimum atomic E-state index is -0.225. The molecule has 1 aromatic heterocycles. The molecule has 1 N–H and O–H groups in total.